The Morgan fingerprint density at radius 3 is 2.53 bits per heavy atom. The van der Waals surface area contributed by atoms with E-state index in [1.165, 1.54) is 5.56 Å². The third-order valence-corrected chi connectivity index (χ3v) is 3.16. The zero-order valence-electron chi connectivity index (χ0n) is 11.2. The van der Waals surface area contributed by atoms with Gasteiger partial charge < -0.3 is 10.6 Å². The minimum atomic E-state index is -0.00970. The zero-order chi connectivity index (χ0) is 13.7. The molecule has 1 aromatic carbocycles. The Balaban J connectivity index is 1.61. The largest absolute Gasteiger partial charge is 0.356 e. The quantitative estimate of drug-likeness (QED) is 0.771. The predicted octanol–water partition coefficient (Wildman–Crippen LogP) is 2.24. The van der Waals surface area contributed by atoms with E-state index in [4.69, 9.17) is 0 Å². The van der Waals surface area contributed by atoms with E-state index in [2.05, 4.69) is 10.6 Å². The molecule has 1 aromatic rings. The highest BCUT2D eigenvalue weighted by atomic mass is 16.2. The second-order valence-electron chi connectivity index (χ2n) is 5.08. The van der Waals surface area contributed by atoms with Gasteiger partial charge in [0.2, 0.25) is 11.8 Å². The predicted molar refractivity (Wildman–Crippen MR) is 74.8 cm³/mol. The van der Waals surface area contributed by atoms with Crippen LogP contribution in [0.1, 0.15) is 31.2 Å². The van der Waals surface area contributed by atoms with Crippen molar-refractivity contribution in [3.8, 4) is 0 Å². The molecule has 4 heteroatoms. The van der Waals surface area contributed by atoms with Crippen LogP contribution in [0.4, 0.5) is 5.69 Å². The molecule has 2 amide bonds. The molecule has 0 bridgehead atoms. The van der Waals surface area contributed by atoms with Gasteiger partial charge in [-0.05, 0) is 38.3 Å². The fraction of sp³-hybridized carbons (Fsp3) is 0.467. The smallest absolute Gasteiger partial charge is 0.224 e. The van der Waals surface area contributed by atoms with E-state index in [0.29, 0.717) is 19.4 Å². The molecule has 1 fully saturated rings. The molecule has 1 saturated carbocycles. The molecule has 0 saturated heterocycles. The van der Waals surface area contributed by atoms with Crippen molar-refractivity contribution in [2.75, 3.05) is 11.9 Å². The highest BCUT2D eigenvalue weighted by molar-refractivity contribution is 5.90. The molecule has 102 valence electrons. The fourth-order valence-electron chi connectivity index (χ4n) is 1.81. The molecule has 0 aliphatic heterocycles. The number of anilines is 1. The van der Waals surface area contributed by atoms with Gasteiger partial charge in [-0.1, -0.05) is 17.7 Å². The highest BCUT2D eigenvalue weighted by Crippen LogP contribution is 2.28. The van der Waals surface area contributed by atoms with Gasteiger partial charge in [-0.2, -0.15) is 0 Å². The molecule has 0 spiro atoms. The van der Waals surface area contributed by atoms with Crippen molar-refractivity contribution in [2.45, 2.75) is 32.6 Å². The van der Waals surface area contributed by atoms with Crippen molar-refractivity contribution < 1.29 is 9.59 Å². The van der Waals surface area contributed by atoms with Crippen LogP contribution in [-0.4, -0.2) is 18.4 Å². The zero-order valence-corrected chi connectivity index (χ0v) is 11.2. The molecule has 1 aliphatic rings. The second-order valence-corrected chi connectivity index (χ2v) is 5.08. The van der Waals surface area contributed by atoms with Crippen LogP contribution in [0.5, 0.6) is 0 Å². The molecular formula is C15H20N2O2. The lowest BCUT2D eigenvalue weighted by atomic mass is 10.2. The lowest BCUT2D eigenvalue weighted by molar-refractivity contribution is -0.122. The van der Waals surface area contributed by atoms with Crippen molar-refractivity contribution in [2.24, 2.45) is 5.92 Å². The SMILES string of the molecule is Cc1ccc(NC(=O)CCCNC(=O)C2CC2)cc1. The number of hydrogen-bond donors (Lipinski definition) is 2. The summed E-state index contributed by atoms with van der Waals surface area (Å²) in [5.74, 6) is 0.366. The number of carbonyl (C=O) groups is 2. The summed E-state index contributed by atoms with van der Waals surface area (Å²) in [6.07, 6.45) is 3.13. The summed E-state index contributed by atoms with van der Waals surface area (Å²) in [5, 5.41) is 5.69. The highest BCUT2D eigenvalue weighted by Gasteiger charge is 2.28. The first-order valence-electron chi connectivity index (χ1n) is 6.79. The molecule has 4 nitrogen and oxygen atoms in total. The van der Waals surface area contributed by atoms with Crippen LogP contribution >= 0.6 is 0 Å². The van der Waals surface area contributed by atoms with Crippen molar-refractivity contribution in [3.05, 3.63) is 29.8 Å². The fourth-order valence-corrected chi connectivity index (χ4v) is 1.81. The van der Waals surface area contributed by atoms with E-state index in [0.717, 1.165) is 18.5 Å². The van der Waals surface area contributed by atoms with Gasteiger partial charge in [-0.25, -0.2) is 0 Å². The molecule has 19 heavy (non-hydrogen) atoms. The minimum absolute atomic E-state index is 0.00970. The molecule has 2 rings (SSSR count). The number of hydrogen-bond acceptors (Lipinski definition) is 2. The topological polar surface area (TPSA) is 58.2 Å². The number of carbonyl (C=O) groups excluding carboxylic acids is 2. The number of rotatable bonds is 6. The molecule has 0 heterocycles. The van der Waals surface area contributed by atoms with E-state index in [1.807, 2.05) is 31.2 Å². The van der Waals surface area contributed by atoms with Crippen molar-refractivity contribution in [1.82, 2.24) is 5.32 Å². The maximum absolute atomic E-state index is 11.7. The molecular weight excluding hydrogens is 240 g/mol. The van der Waals surface area contributed by atoms with Crippen LogP contribution < -0.4 is 10.6 Å². The number of amides is 2. The van der Waals surface area contributed by atoms with E-state index >= 15 is 0 Å². The van der Waals surface area contributed by atoms with E-state index < -0.39 is 0 Å². The van der Waals surface area contributed by atoms with E-state index in [9.17, 15) is 9.59 Å². The molecule has 0 radical (unpaired) electrons. The van der Waals surface area contributed by atoms with Crippen molar-refractivity contribution in [1.29, 1.82) is 0 Å². The standard InChI is InChI=1S/C15H20N2O2/c1-11-4-8-13(9-5-11)17-14(18)3-2-10-16-15(19)12-6-7-12/h4-5,8-9,12H,2-3,6-7,10H2,1H3,(H,16,19)(H,17,18). The third kappa shape index (κ3) is 4.73. The van der Waals surface area contributed by atoms with Gasteiger partial charge in [0, 0.05) is 24.6 Å². The lowest BCUT2D eigenvalue weighted by Crippen LogP contribution is -2.26. The average Bonchev–Trinajstić information content (AvgIpc) is 3.21. The van der Waals surface area contributed by atoms with Gasteiger partial charge in [0.15, 0.2) is 0 Å². The molecule has 2 N–H and O–H groups in total. The Morgan fingerprint density at radius 1 is 1.21 bits per heavy atom. The Bertz CT molecular complexity index is 450. The van der Waals surface area contributed by atoms with Crippen LogP contribution in [0.15, 0.2) is 24.3 Å². The lowest BCUT2D eigenvalue weighted by Gasteiger charge is -2.06. The summed E-state index contributed by atoms with van der Waals surface area (Å²) in [7, 11) is 0. The molecule has 0 aromatic heterocycles. The van der Waals surface area contributed by atoms with Gasteiger partial charge in [-0.3, -0.25) is 9.59 Å². The molecule has 0 unspecified atom stereocenters. The van der Waals surface area contributed by atoms with Crippen LogP contribution in [-0.2, 0) is 9.59 Å². The first-order chi connectivity index (χ1) is 9.15. The van der Waals surface area contributed by atoms with Gasteiger partial charge >= 0.3 is 0 Å². The van der Waals surface area contributed by atoms with Gasteiger partial charge in [0.1, 0.15) is 0 Å². The van der Waals surface area contributed by atoms with E-state index in [-0.39, 0.29) is 17.7 Å². The Hall–Kier alpha value is -1.84. The summed E-state index contributed by atoms with van der Waals surface area (Å²) in [4.78, 5) is 23.0. The maximum atomic E-state index is 11.7. The van der Waals surface area contributed by atoms with Crippen LogP contribution in [0.3, 0.4) is 0 Å². The minimum Gasteiger partial charge on any atom is -0.356 e. The first-order valence-corrected chi connectivity index (χ1v) is 6.79. The Morgan fingerprint density at radius 2 is 1.89 bits per heavy atom. The van der Waals surface area contributed by atoms with Crippen LogP contribution in [0.25, 0.3) is 0 Å². The number of benzene rings is 1. The Kier molecular flexibility index (Phi) is 4.55. The summed E-state index contributed by atoms with van der Waals surface area (Å²) < 4.78 is 0. The molecule has 1 aliphatic carbocycles. The first kappa shape index (κ1) is 13.6. The summed E-state index contributed by atoms with van der Waals surface area (Å²) in [6, 6.07) is 7.71. The van der Waals surface area contributed by atoms with Crippen molar-refractivity contribution >= 4 is 17.5 Å². The number of nitrogens with one attached hydrogen (secondary N) is 2. The van der Waals surface area contributed by atoms with Crippen LogP contribution in [0, 0.1) is 12.8 Å². The summed E-state index contributed by atoms with van der Waals surface area (Å²) in [6.45, 7) is 2.59. The summed E-state index contributed by atoms with van der Waals surface area (Å²) in [5.41, 5.74) is 1.98. The van der Waals surface area contributed by atoms with Crippen molar-refractivity contribution in [3.63, 3.8) is 0 Å². The number of aryl methyl sites for hydroxylation is 1. The van der Waals surface area contributed by atoms with Gasteiger partial charge in [0.05, 0.1) is 0 Å². The second kappa shape index (κ2) is 6.36. The summed E-state index contributed by atoms with van der Waals surface area (Å²) >= 11 is 0. The third-order valence-electron chi connectivity index (χ3n) is 3.16. The maximum Gasteiger partial charge on any atom is 0.224 e. The van der Waals surface area contributed by atoms with E-state index in [1.54, 1.807) is 0 Å². The monoisotopic (exact) mass is 260 g/mol. The van der Waals surface area contributed by atoms with Gasteiger partial charge in [0.25, 0.3) is 0 Å². The average molecular weight is 260 g/mol. The Labute approximate surface area is 113 Å². The normalized spacial score (nSPS) is 13.9. The van der Waals surface area contributed by atoms with Gasteiger partial charge in [-0.15, -0.1) is 0 Å². The van der Waals surface area contributed by atoms with Crippen LogP contribution in [0.2, 0.25) is 0 Å². The molecule has 0 atom stereocenters.